The van der Waals surface area contributed by atoms with E-state index in [2.05, 4.69) is 40.2 Å². The van der Waals surface area contributed by atoms with Gasteiger partial charge in [0.05, 0.1) is 13.2 Å². The van der Waals surface area contributed by atoms with E-state index < -0.39 is 0 Å². The molecule has 0 radical (unpaired) electrons. The molecule has 2 saturated heterocycles. The van der Waals surface area contributed by atoms with Crippen molar-refractivity contribution in [1.29, 1.82) is 0 Å². The largest absolute Gasteiger partial charge is 0.497 e. The molecule has 1 aromatic rings. The lowest BCUT2D eigenvalue weighted by molar-refractivity contribution is 0.00990. The predicted molar refractivity (Wildman–Crippen MR) is 142 cm³/mol. The molecule has 0 spiro atoms. The van der Waals surface area contributed by atoms with Crippen LogP contribution in [0.1, 0.15) is 32.6 Å². The molecule has 2 aliphatic rings. The first-order valence-corrected chi connectivity index (χ1v) is 11.8. The van der Waals surface area contributed by atoms with E-state index in [1.807, 2.05) is 6.07 Å². The number of hydrogen-bond acceptors (Lipinski definition) is 5. The van der Waals surface area contributed by atoms with Crippen LogP contribution in [0.15, 0.2) is 29.3 Å². The van der Waals surface area contributed by atoms with E-state index in [1.165, 1.54) is 12.1 Å². The number of nitrogens with zero attached hydrogens (tertiary/aromatic N) is 3. The van der Waals surface area contributed by atoms with Crippen LogP contribution >= 0.6 is 24.0 Å². The van der Waals surface area contributed by atoms with Crippen molar-refractivity contribution in [2.45, 2.75) is 38.7 Å². The highest BCUT2D eigenvalue weighted by Crippen LogP contribution is 2.27. The molecule has 0 amide bonds. The Bertz CT molecular complexity index is 683. The molecule has 3 rings (SSSR count). The number of anilines is 1. The maximum atomic E-state index is 6.00. The summed E-state index contributed by atoms with van der Waals surface area (Å²) in [7, 11) is 3.46. The van der Waals surface area contributed by atoms with Gasteiger partial charge < -0.3 is 29.3 Å². The smallest absolute Gasteiger partial charge is 0.193 e. The summed E-state index contributed by atoms with van der Waals surface area (Å²) >= 11 is 0. The van der Waals surface area contributed by atoms with Crippen LogP contribution in [0.25, 0.3) is 0 Å². The maximum Gasteiger partial charge on any atom is 0.193 e. The molecule has 7 nitrogen and oxygen atoms in total. The minimum Gasteiger partial charge on any atom is -0.497 e. The Morgan fingerprint density at radius 1 is 1.12 bits per heavy atom. The third-order valence-corrected chi connectivity index (χ3v) is 6.13. The second kappa shape index (κ2) is 14.8. The molecule has 2 heterocycles. The van der Waals surface area contributed by atoms with E-state index in [0.29, 0.717) is 12.0 Å². The summed E-state index contributed by atoms with van der Waals surface area (Å²) in [6, 6.07) is 8.35. The lowest BCUT2D eigenvalue weighted by atomic mass is 10.1. The predicted octanol–water partition coefficient (Wildman–Crippen LogP) is 3.62. The van der Waals surface area contributed by atoms with Crippen molar-refractivity contribution in [1.82, 2.24) is 10.2 Å². The standard InChI is InChI=1S/C24H40N4O3.HI/c1-4-25-24(27-13-10-22(11-14-27)31-16-6-15-29-2)26-18-20-9-12-28(19-20)21-7-5-8-23(17-21)30-3;/h5,7-8,17,20,22H,4,6,9-16,18-19H2,1-3H3,(H,25,26);1H. The van der Waals surface area contributed by atoms with Crippen LogP contribution in [0.2, 0.25) is 0 Å². The molecule has 182 valence electrons. The molecule has 0 saturated carbocycles. The summed E-state index contributed by atoms with van der Waals surface area (Å²) in [6.07, 6.45) is 4.63. The minimum absolute atomic E-state index is 0. The van der Waals surface area contributed by atoms with Crippen LogP contribution in [-0.2, 0) is 9.47 Å². The van der Waals surface area contributed by atoms with Gasteiger partial charge in [-0.05, 0) is 50.7 Å². The quantitative estimate of drug-likeness (QED) is 0.204. The van der Waals surface area contributed by atoms with Crippen LogP contribution in [0.4, 0.5) is 5.69 Å². The topological polar surface area (TPSA) is 58.6 Å². The Hall–Kier alpha value is -1.26. The van der Waals surface area contributed by atoms with Gasteiger partial charge in [-0.25, -0.2) is 0 Å². The molecule has 0 bridgehead atoms. The SMILES string of the molecule is CCNC(=NCC1CCN(c2cccc(OC)c2)C1)N1CCC(OCCCOC)CC1.I. The highest BCUT2D eigenvalue weighted by atomic mass is 127. The summed E-state index contributed by atoms with van der Waals surface area (Å²) in [4.78, 5) is 9.86. The van der Waals surface area contributed by atoms with Gasteiger partial charge in [0.1, 0.15) is 5.75 Å². The van der Waals surface area contributed by atoms with E-state index in [9.17, 15) is 0 Å². The minimum atomic E-state index is 0. The van der Waals surface area contributed by atoms with E-state index in [0.717, 1.165) is 83.5 Å². The molecular formula is C24H41IN4O3. The Labute approximate surface area is 210 Å². The molecule has 1 aromatic carbocycles. The molecule has 32 heavy (non-hydrogen) atoms. The third-order valence-electron chi connectivity index (χ3n) is 6.13. The van der Waals surface area contributed by atoms with E-state index in [-0.39, 0.29) is 24.0 Å². The van der Waals surface area contributed by atoms with Gasteiger partial charge in [0.25, 0.3) is 0 Å². The summed E-state index contributed by atoms with van der Waals surface area (Å²) in [5, 5.41) is 3.50. The fourth-order valence-corrected chi connectivity index (χ4v) is 4.35. The second-order valence-corrected chi connectivity index (χ2v) is 8.40. The first-order valence-electron chi connectivity index (χ1n) is 11.8. The molecule has 8 heteroatoms. The van der Waals surface area contributed by atoms with Gasteiger partial charge in [-0.1, -0.05) is 6.07 Å². The van der Waals surface area contributed by atoms with Crippen molar-refractivity contribution >= 4 is 35.6 Å². The number of hydrogen-bond donors (Lipinski definition) is 1. The van der Waals surface area contributed by atoms with E-state index in [1.54, 1.807) is 14.2 Å². The zero-order valence-electron chi connectivity index (χ0n) is 19.9. The molecule has 0 aliphatic carbocycles. The fourth-order valence-electron chi connectivity index (χ4n) is 4.35. The summed E-state index contributed by atoms with van der Waals surface area (Å²) in [5.41, 5.74) is 1.24. The van der Waals surface area contributed by atoms with Crippen molar-refractivity contribution in [2.24, 2.45) is 10.9 Å². The lowest BCUT2D eigenvalue weighted by Gasteiger charge is -2.34. The van der Waals surface area contributed by atoms with Gasteiger partial charge in [0.2, 0.25) is 0 Å². The van der Waals surface area contributed by atoms with Gasteiger partial charge >= 0.3 is 0 Å². The number of rotatable bonds is 10. The van der Waals surface area contributed by atoms with Crippen molar-refractivity contribution in [3.8, 4) is 5.75 Å². The number of guanidine groups is 1. The van der Waals surface area contributed by atoms with Crippen LogP contribution in [0.5, 0.6) is 5.75 Å². The summed E-state index contributed by atoms with van der Waals surface area (Å²) < 4.78 is 16.5. The highest BCUT2D eigenvalue weighted by molar-refractivity contribution is 14.0. The van der Waals surface area contributed by atoms with Crippen LogP contribution in [0, 0.1) is 5.92 Å². The van der Waals surface area contributed by atoms with Crippen molar-refractivity contribution in [2.75, 3.05) is 71.6 Å². The van der Waals surface area contributed by atoms with Crippen molar-refractivity contribution < 1.29 is 14.2 Å². The third kappa shape index (κ3) is 8.26. The van der Waals surface area contributed by atoms with E-state index in [4.69, 9.17) is 19.2 Å². The Balaban J connectivity index is 0.00000363. The molecule has 2 fully saturated rings. The summed E-state index contributed by atoms with van der Waals surface area (Å²) in [6.45, 7) is 9.60. The van der Waals surface area contributed by atoms with Gasteiger partial charge in [0.15, 0.2) is 5.96 Å². The highest BCUT2D eigenvalue weighted by Gasteiger charge is 2.25. The number of benzene rings is 1. The van der Waals surface area contributed by atoms with Gasteiger partial charge in [0, 0.05) is 71.3 Å². The molecule has 2 aliphatic heterocycles. The number of halogens is 1. The first-order chi connectivity index (χ1) is 15.2. The molecule has 1 atom stereocenters. The Kier molecular flexibility index (Phi) is 12.5. The lowest BCUT2D eigenvalue weighted by Crippen LogP contribution is -2.47. The Morgan fingerprint density at radius 2 is 1.94 bits per heavy atom. The molecule has 0 aromatic heterocycles. The number of piperidine rings is 1. The van der Waals surface area contributed by atoms with Crippen LogP contribution in [0.3, 0.4) is 0 Å². The average Bonchev–Trinajstić information content (AvgIpc) is 3.29. The summed E-state index contributed by atoms with van der Waals surface area (Å²) in [5.74, 6) is 2.56. The maximum absolute atomic E-state index is 6.00. The zero-order chi connectivity index (χ0) is 21.9. The Morgan fingerprint density at radius 3 is 2.66 bits per heavy atom. The number of methoxy groups -OCH3 is 2. The van der Waals surface area contributed by atoms with Crippen molar-refractivity contribution in [3.05, 3.63) is 24.3 Å². The van der Waals surface area contributed by atoms with Crippen LogP contribution in [-0.4, -0.2) is 83.7 Å². The average molecular weight is 561 g/mol. The molecule has 1 N–H and O–H groups in total. The van der Waals surface area contributed by atoms with Gasteiger partial charge in [-0.2, -0.15) is 0 Å². The molecule has 1 unspecified atom stereocenters. The van der Waals surface area contributed by atoms with Gasteiger partial charge in [-0.15, -0.1) is 24.0 Å². The zero-order valence-corrected chi connectivity index (χ0v) is 22.3. The van der Waals surface area contributed by atoms with Gasteiger partial charge in [-0.3, -0.25) is 4.99 Å². The van der Waals surface area contributed by atoms with Crippen molar-refractivity contribution in [3.63, 3.8) is 0 Å². The second-order valence-electron chi connectivity index (χ2n) is 8.40. The normalized spacial score (nSPS) is 19.7. The first kappa shape index (κ1) is 27.0. The monoisotopic (exact) mass is 560 g/mol. The number of likely N-dealkylation sites (tertiary alicyclic amines) is 1. The number of ether oxygens (including phenoxy) is 3. The van der Waals surface area contributed by atoms with Crippen LogP contribution < -0.4 is 15.0 Å². The fraction of sp³-hybridized carbons (Fsp3) is 0.708. The van der Waals surface area contributed by atoms with E-state index >= 15 is 0 Å². The number of aliphatic imine (C=N–C) groups is 1. The number of nitrogens with one attached hydrogen (secondary N) is 1. The molecular weight excluding hydrogens is 519 g/mol.